The number of rotatable bonds is 3. The summed E-state index contributed by atoms with van der Waals surface area (Å²) < 4.78 is 7.14. The van der Waals surface area contributed by atoms with Crippen LogP contribution in [0.2, 0.25) is 0 Å². The SMILES string of the molecule is CC1=C(n2c(N)c(C(N)=O)c3cc(C4=CCOCC4)cnc32)[C@H](C)CC=C1O. The van der Waals surface area contributed by atoms with Gasteiger partial charge in [-0.25, -0.2) is 4.98 Å². The van der Waals surface area contributed by atoms with Crippen molar-refractivity contribution in [2.45, 2.75) is 26.7 Å². The highest BCUT2D eigenvalue weighted by Crippen LogP contribution is 2.39. The molecular weight excluding hydrogens is 356 g/mol. The van der Waals surface area contributed by atoms with Crippen LogP contribution in [0.4, 0.5) is 5.82 Å². The molecule has 2 aromatic rings. The van der Waals surface area contributed by atoms with Gasteiger partial charge in [0.15, 0.2) is 0 Å². The lowest BCUT2D eigenvalue weighted by atomic mass is 9.93. The number of hydrogen-bond acceptors (Lipinski definition) is 5. The molecule has 1 aliphatic carbocycles. The van der Waals surface area contributed by atoms with Gasteiger partial charge in [0.25, 0.3) is 5.91 Å². The maximum atomic E-state index is 12.2. The number of anilines is 1. The van der Waals surface area contributed by atoms with Gasteiger partial charge in [-0.1, -0.05) is 13.0 Å². The van der Waals surface area contributed by atoms with Gasteiger partial charge >= 0.3 is 0 Å². The second-order valence-corrected chi connectivity index (χ2v) is 7.35. The Balaban J connectivity index is 2.00. The lowest BCUT2D eigenvalue weighted by Crippen LogP contribution is -2.17. The summed E-state index contributed by atoms with van der Waals surface area (Å²) in [5.41, 5.74) is 16.5. The molecule has 2 aliphatic rings. The first-order valence-corrected chi connectivity index (χ1v) is 9.37. The monoisotopic (exact) mass is 380 g/mol. The van der Waals surface area contributed by atoms with Gasteiger partial charge in [-0.15, -0.1) is 0 Å². The molecule has 146 valence electrons. The number of pyridine rings is 1. The number of nitrogen functional groups attached to an aromatic ring is 1. The zero-order valence-corrected chi connectivity index (χ0v) is 16.0. The Morgan fingerprint density at radius 1 is 1.39 bits per heavy atom. The number of aliphatic hydroxyl groups is 1. The number of aliphatic hydroxyl groups excluding tert-OH is 1. The van der Waals surface area contributed by atoms with E-state index < -0.39 is 5.91 Å². The Morgan fingerprint density at radius 3 is 2.86 bits per heavy atom. The molecule has 0 bridgehead atoms. The summed E-state index contributed by atoms with van der Waals surface area (Å²) in [6.45, 7) is 5.12. The largest absolute Gasteiger partial charge is 0.508 e. The number of carbonyl (C=O) groups is 1. The van der Waals surface area contributed by atoms with Gasteiger partial charge in [0.1, 0.15) is 17.2 Å². The average Bonchev–Trinajstić information content (AvgIpc) is 2.97. The molecule has 5 N–H and O–H groups in total. The summed E-state index contributed by atoms with van der Waals surface area (Å²) in [5, 5.41) is 10.9. The Kier molecular flexibility index (Phi) is 4.47. The topological polar surface area (TPSA) is 116 Å². The molecule has 0 saturated heterocycles. The zero-order chi connectivity index (χ0) is 20.0. The van der Waals surface area contributed by atoms with Crippen LogP contribution in [-0.4, -0.2) is 33.8 Å². The van der Waals surface area contributed by atoms with Crippen molar-refractivity contribution in [1.29, 1.82) is 0 Å². The zero-order valence-electron chi connectivity index (χ0n) is 16.0. The molecule has 0 unspecified atom stereocenters. The minimum absolute atomic E-state index is 0.106. The number of nitrogens with zero attached hydrogens (tertiary/aromatic N) is 2. The predicted molar refractivity (Wildman–Crippen MR) is 109 cm³/mol. The Morgan fingerprint density at radius 2 is 2.18 bits per heavy atom. The second-order valence-electron chi connectivity index (χ2n) is 7.35. The van der Waals surface area contributed by atoms with E-state index in [9.17, 15) is 9.90 Å². The summed E-state index contributed by atoms with van der Waals surface area (Å²) in [7, 11) is 0. The molecular formula is C21H24N4O3. The lowest BCUT2D eigenvalue weighted by molar-refractivity contribution is 0.100. The van der Waals surface area contributed by atoms with E-state index in [2.05, 4.69) is 11.9 Å². The highest BCUT2D eigenvalue weighted by Gasteiger charge is 2.28. The number of ether oxygens (including phenoxy) is 1. The Hall–Kier alpha value is -3.06. The van der Waals surface area contributed by atoms with Crippen LogP contribution in [0.5, 0.6) is 0 Å². The van der Waals surface area contributed by atoms with Crippen molar-refractivity contribution >= 4 is 34.0 Å². The van der Waals surface area contributed by atoms with Crippen LogP contribution in [-0.2, 0) is 4.74 Å². The van der Waals surface area contributed by atoms with Crippen LogP contribution in [0.3, 0.4) is 0 Å². The van der Waals surface area contributed by atoms with Crippen molar-refractivity contribution in [3.63, 3.8) is 0 Å². The molecule has 0 fully saturated rings. The van der Waals surface area contributed by atoms with E-state index in [1.165, 1.54) is 0 Å². The minimum atomic E-state index is -0.595. The summed E-state index contributed by atoms with van der Waals surface area (Å²) in [6, 6.07) is 1.92. The van der Waals surface area contributed by atoms with E-state index >= 15 is 0 Å². The van der Waals surface area contributed by atoms with E-state index in [4.69, 9.17) is 16.2 Å². The molecule has 0 aromatic carbocycles. The number of fused-ring (bicyclic) bond motifs is 1. The molecule has 7 heteroatoms. The first-order valence-electron chi connectivity index (χ1n) is 9.37. The molecule has 3 heterocycles. The average molecular weight is 380 g/mol. The molecule has 1 amide bonds. The first-order chi connectivity index (χ1) is 13.4. The summed E-state index contributed by atoms with van der Waals surface area (Å²) >= 11 is 0. The van der Waals surface area contributed by atoms with E-state index in [0.29, 0.717) is 30.7 Å². The number of allylic oxidation sites excluding steroid dienone is 3. The number of primary amides is 1. The van der Waals surface area contributed by atoms with E-state index in [-0.39, 0.29) is 23.1 Å². The van der Waals surface area contributed by atoms with E-state index in [1.807, 2.05) is 19.1 Å². The number of hydrogen-bond donors (Lipinski definition) is 3. The van der Waals surface area contributed by atoms with Gasteiger partial charge < -0.3 is 21.3 Å². The molecule has 28 heavy (non-hydrogen) atoms. The quantitative estimate of drug-likeness (QED) is 0.756. The van der Waals surface area contributed by atoms with Crippen LogP contribution in [0.1, 0.15) is 42.6 Å². The maximum Gasteiger partial charge on any atom is 0.253 e. The number of nitrogens with two attached hydrogens (primary N) is 2. The molecule has 0 spiro atoms. The first kappa shape index (κ1) is 18.3. The van der Waals surface area contributed by atoms with Crippen molar-refractivity contribution in [3.8, 4) is 0 Å². The van der Waals surface area contributed by atoms with Crippen molar-refractivity contribution in [2.75, 3.05) is 18.9 Å². The number of carbonyl (C=O) groups excluding carboxylic acids is 1. The summed E-state index contributed by atoms with van der Waals surface area (Å²) in [6.07, 6.45) is 7.07. The predicted octanol–water partition coefficient (Wildman–Crippen LogP) is 3.23. The van der Waals surface area contributed by atoms with Crippen LogP contribution < -0.4 is 11.5 Å². The van der Waals surface area contributed by atoms with Crippen molar-refractivity contribution in [2.24, 2.45) is 11.7 Å². The van der Waals surface area contributed by atoms with Crippen LogP contribution in [0.25, 0.3) is 22.3 Å². The highest BCUT2D eigenvalue weighted by molar-refractivity contribution is 6.11. The maximum absolute atomic E-state index is 12.2. The van der Waals surface area contributed by atoms with Crippen molar-refractivity contribution < 1.29 is 14.6 Å². The molecule has 1 aliphatic heterocycles. The molecule has 2 aromatic heterocycles. The Labute approximate surface area is 163 Å². The second kappa shape index (κ2) is 6.83. The molecule has 4 rings (SSSR count). The van der Waals surface area contributed by atoms with Crippen LogP contribution >= 0.6 is 0 Å². The number of amides is 1. The van der Waals surface area contributed by atoms with Crippen LogP contribution in [0, 0.1) is 5.92 Å². The third-order valence-electron chi connectivity index (χ3n) is 5.57. The third-order valence-corrected chi connectivity index (χ3v) is 5.57. The highest BCUT2D eigenvalue weighted by atomic mass is 16.5. The van der Waals surface area contributed by atoms with Gasteiger partial charge in [0.05, 0.1) is 18.8 Å². The summed E-state index contributed by atoms with van der Waals surface area (Å²) in [4.78, 5) is 16.9. The van der Waals surface area contributed by atoms with Crippen LogP contribution in [0.15, 0.2) is 35.7 Å². The van der Waals surface area contributed by atoms with Crippen molar-refractivity contribution in [3.05, 3.63) is 46.9 Å². The normalized spacial score (nSPS) is 20.3. The van der Waals surface area contributed by atoms with Gasteiger partial charge in [0, 0.05) is 28.8 Å². The van der Waals surface area contributed by atoms with Gasteiger partial charge in [-0.2, -0.15) is 0 Å². The minimum Gasteiger partial charge on any atom is -0.508 e. The van der Waals surface area contributed by atoms with Crippen molar-refractivity contribution in [1.82, 2.24) is 9.55 Å². The Bertz CT molecular complexity index is 1070. The molecule has 0 radical (unpaired) electrons. The smallest absolute Gasteiger partial charge is 0.253 e. The van der Waals surface area contributed by atoms with Gasteiger partial charge in [0.2, 0.25) is 0 Å². The third kappa shape index (κ3) is 2.79. The molecule has 7 nitrogen and oxygen atoms in total. The van der Waals surface area contributed by atoms with Gasteiger partial charge in [-0.05, 0) is 43.0 Å². The summed E-state index contributed by atoms with van der Waals surface area (Å²) in [5.74, 6) is -0.0141. The van der Waals surface area contributed by atoms with E-state index in [1.54, 1.807) is 16.8 Å². The molecule has 0 saturated carbocycles. The fourth-order valence-electron chi connectivity index (χ4n) is 4.09. The fourth-order valence-corrected chi connectivity index (χ4v) is 4.09. The number of aromatic nitrogens is 2. The standard InChI is InChI=1S/C21H24N4O3/c1-11-3-4-16(26)12(2)18(11)25-19(22)17(20(23)27)15-9-14(10-24-21(15)25)13-5-7-28-8-6-13/h4-5,9-11,26H,3,6-8,22H2,1-2H3,(H2,23,27)/t11-/m1/s1. The van der Waals surface area contributed by atoms with E-state index in [0.717, 1.165) is 28.8 Å². The fraction of sp³-hybridized carbons (Fsp3) is 0.333. The van der Waals surface area contributed by atoms with Gasteiger partial charge in [-0.3, -0.25) is 9.36 Å². The molecule has 1 atom stereocenters. The lowest BCUT2D eigenvalue weighted by Gasteiger charge is -2.24.